The first-order valence-corrected chi connectivity index (χ1v) is 12.0. The van der Waals surface area contributed by atoms with Gasteiger partial charge in [-0.15, -0.1) is 5.10 Å². The van der Waals surface area contributed by atoms with Gasteiger partial charge >= 0.3 is 5.97 Å². The molecule has 1 aromatic heterocycles. The zero-order valence-corrected chi connectivity index (χ0v) is 21.2. The standard InChI is InChI=1S/C26H30ClFN4O4/c1-16(2)36-11-10-26(3,25(34)35)14-20(30-24(33)23-15-29-32-31-23)12-17-4-6-18(7-5-17)21-13-19(27)8-9-22(21)28/h4-9,13,15-16,20H,10-12,14H2,1-3H3,(H,30,33)(H,34,35)(H,29,31,32)/t20-,26?/m1/s1. The minimum absolute atomic E-state index is 0.0192. The average Bonchev–Trinajstić information content (AvgIpc) is 3.36. The van der Waals surface area contributed by atoms with Crippen LogP contribution >= 0.6 is 11.6 Å². The first kappa shape index (κ1) is 27.3. The zero-order chi connectivity index (χ0) is 26.3. The summed E-state index contributed by atoms with van der Waals surface area (Å²) >= 11 is 6.02. The highest BCUT2D eigenvalue weighted by molar-refractivity contribution is 6.30. The van der Waals surface area contributed by atoms with Gasteiger partial charge in [-0.05, 0) is 69.4 Å². The second-order valence-electron chi connectivity index (χ2n) is 9.31. The predicted octanol–water partition coefficient (Wildman–Crippen LogP) is 4.90. The highest BCUT2D eigenvalue weighted by Gasteiger charge is 2.36. The van der Waals surface area contributed by atoms with Crippen molar-refractivity contribution in [2.45, 2.75) is 52.2 Å². The number of nitrogens with one attached hydrogen (secondary N) is 2. The van der Waals surface area contributed by atoms with Crippen molar-refractivity contribution in [3.8, 4) is 11.1 Å². The number of nitrogens with zero attached hydrogens (tertiary/aromatic N) is 2. The molecule has 0 radical (unpaired) electrons. The van der Waals surface area contributed by atoms with E-state index in [1.165, 1.54) is 18.3 Å². The summed E-state index contributed by atoms with van der Waals surface area (Å²) in [6, 6.07) is 11.0. The fourth-order valence-corrected chi connectivity index (χ4v) is 4.10. The fourth-order valence-electron chi connectivity index (χ4n) is 3.93. The second kappa shape index (κ2) is 12.1. The Morgan fingerprint density at radius 1 is 1.22 bits per heavy atom. The van der Waals surface area contributed by atoms with Crippen LogP contribution in [0.2, 0.25) is 5.02 Å². The molecule has 8 nitrogen and oxygen atoms in total. The minimum Gasteiger partial charge on any atom is -0.481 e. The van der Waals surface area contributed by atoms with Crippen molar-refractivity contribution in [3.05, 3.63) is 70.8 Å². The van der Waals surface area contributed by atoms with Crippen molar-refractivity contribution in [2.75, 3.05) is 6.61 Å². The summed E-state index contributed by atoms with van der Waals surface area (Å²) in [6.45, 7) is 5.71. The molecule has 0 spiro atoms. The number of rotatable bonds is 12. The van der Waals surface area contributed by atoms with Crippen LogP contribution in [0, 0.1) is 11.2 Å². The van der Waals surface area contributed by atoms with E-state index < -0.39 is 23.3 Å². The first-order chi connectivity index (χ1) is 17.1. The molecule has 3 aromatic rings. The van der Waals surface area contributed by atoms with Gasteiger partial charge in [0.05, 0.1) is 17.7 Å². The number of aromatic nitrogens is 3. The molecule has 1 heterocycles. The van der Waals surface area contributed by atoms with Gasteiger partial charge in [0.1, 0.15) is 11.5 Å². The maximum atomic E-state index is 14.3. The Balaban J connectivity index is 1.81. The Hall–Kier alpha value is -3.30. The van der Waals surface area contributed by atoms with Crippen molar-refractivity contribution < 1.29 is 23.8 Å². The molecule has 1 unspecified atom stereocenters. The highest BCUT2D eigenvalue weighted by atomic mass is 35.5. The van der Waals surface area contributed by atoms with Crippen molar-refractivity contribution >= 4 is 23.5 Å². The van der Waals surface area contributed by atoms with Crippen molar-refractivity contribution in [2.24, 2.45) is 5.41 Å². The molecular weight excluding hydrogens is 487 g/mol. The van der Waals surface area contributed by atoms with Gasteiger partial charge in [0.15, 0.2) is 0 Å². The van der Waals surface area contributed by atoms with Gasteiger partial charge < -0.3 is 15.2 Å². The summed E-state index contributed by atoms with van der Waals surface area (Å²) in [6.07, 6.45) is 2.09. The van der Waals surface area contributed by atoms with Crippen LogP contribution in [0.25, 0.3) is 11.1 Å². The van der Waals surface area contributed by atoms with Crippen LogP contribution in [0.3, 0.4) is 0 Å². The molecule has 3 N–H and O–H groups in total. The summed E-state index contributed by atoms with van der Waals surface area (Å²) in [5.74, 6) is -1.79. The second-order valence-corrected chi connectivity index (χ2v) is 9.74. The molecule has 192 valence electrons. The van der Waals surface area contributed by atoms with Gasteiger partial charge in [-0.1, -0.05) is 41.1 Å². The predicted molar refractivity (Wildman–Crippen MR) is 134 cm³/mol. The number of hydrogen-bond donors (Lipinski definition) is 3. The van der Waals surface area contributed by atoms with Crippen molar-refractivity contribution in [1.29, 1.82) is 0 Å². The Bertz CT molecular complexity index is 1170. The number of hydrogen-bond acceptors (Lipinski definition) is 5. The number of carbonyl (C=O) groups excluding carboxylic acids is 1. The van der Waals surface area contributed by atoms with E-state index in [2.05, 4.69) is 20.7 Å². The Labute approximate surface area is 214 Å². The Morgan fingerprint density at radius 2 is 1.94 bits per heavy atom. The van der Waals surface area contributed by atoms with Gasteiger partial charge in [0, 0.05) is 23.2 Å². The largest absolute Gasteiger partial charge is 0.481 e. The van der Waals surface area contributed by atoms with E-state index in [1.54, 1.807) is 25.1 Å². The summed E-state index contributed by atoms with van der Waals surface area (Å²) in [4.78, 5) is 24.9. The molecule has 1 amide bonds. The molecule has 2 aromatic carbocycles. The van der Waals surface area contributed by atoms with Gasteiger partial charge in [-0.2, -0.15) is 0 Å². The maximum Gasteiger partial charge on any atom is 0.309 e. The van der Waals surface area contributed by atoms with Gasteiger partial charge in [-0.3, -0.25) is 14.7 Å². The molecule has 0 fully saturated rings. The average molecular weight is 517 g/mol. The van der Waals surface area contributed by atoms with Crippen molar-refractivity contribution in [1.82, 2.24) is 20.7 Å². The normalized spacial score (nSPS) is 13.8. The van der Waals surface area contributed by atoms with E-state index in [4.69, 9.17) is 16.3 Å². The van der Waals surface area contributed by atoms with Crippen LogP contribution in [0.15, 0.2) is 48.7 Å². The highest BCUT2D eigenvalue weighted by Crippen LogP contribution is 2.31. The number of benzene rings is 2. The summed E-state index contributed by atoms with van der Waals surface area (Å²) in [5, 5.41) is 23.0. The number of aromatic amines is 1. The van der Waals surface area contributed by atoms with Gasteiger partial charge in [-0.25, -0.2) is 4.39 Å². The lowest BCUT2D eigenvalue weighted by Crippen LogP contribution is -2.43. The SMILES string of the molecule is CC(C)OCCC(C)(C[C@@H](Cc1ccc(-c2cc(Cl)ccc2F)cc1)NC(=O)c1cnn[nH]1)C(=O)O. The monoisotopic (exact) mass is 516 g/mol. The lowest BCUT2D eigenvalue weighted by atomic mass is 9.79. The molecule has 0 saturated heterocycles. The van der Waals surface area contributed by atoms with E-state index in [9.17, 15) is 19.1 Å². The summed E-state index contributed by atoms with van der Waals surface area (Å²) in [5.41, 5.74) is 0.925. The number of halogens is 2. The number of aliphatic carboxylic acids is 1. The summed E-state index contributed by atoms with van der Waals surface area (Å²) < 4.78 is 19.9. The molecule has 0 aliphatic rings. The van der Waals surface area contributed by atoms with Gasteiger partial charge in [0.25, 0.3) is 5.91 Å². The molecule has 0 aliphatic carbocycles. The smallest absolute Gasteiger partial charge is 0.309 e. The number of H-pyrrole nitrogens is 1. The molecule has 0 bridgehead atoms. The maximum absolute atomic E-state index is 14.3. The minimum atomic E-state index is -1.14. The van der Waals surface area contributed by atoms with Crippen LogP contribution in [-0.4, -0.2) is 51.1 Å². The van der Waals surface area contributed by atoms with E-state index in [0.717, 1.165) is 5.56 Å². The van der Waals surface area contributed by atoms with Crippen LogP contribution in [-0.2, 0) is 16.0 Å². The Morgan fingerprint density at radius 3 is 2.56 bits per heavy atom. The van der Waals surface area contributed by atoms with E-state index in [-0.39, 0.29) is 37.1 Å². The number of amides is 1. The summed E-state index contributed by atoms with van der Waals surface area (Å²) in [7, 11) is 0. The number of carboxylic acid groups (broad SMARTS) is 1. The van der Waals surface area contributed by atoms with Gasteiger partial charge in [0.2, 0.25) is 0 Å². The third-order valence-electron chi connectivity index (χ3n) is 5.99. The molecule has 0 aliphatic heterocycles. The lowest BCUT2D eigenvalue weighted by Gasteiger charge is -2.30. The quantitative estimate of drug-likeness (QED) is 0.315. The third-order valence-corrected chi connectivity index (χ3v) is 6.22. The molecular formula is C26H30ClFN4O4. The van der Waals surface area contributed by atoms with Crippen LogP contribution in [0.4, 0.5) is 4.39 Å². The molecule has 2 atom stereocenters. The molecule has 0 saturated carbocycles. The van der Waals surface area contributed by atoms with Crippen LogP contribution in [0.5, 0.6) is 0 Å². The fraction of sp³-hybridized carbons (Fsp3) is 0.385. The number of carbonyl (C=O) groups is 2. The van der Waals surface area contributed by atoms with Crippen LogP contribution < -0.4 is 5.32 Å². The topological polar surface area (TPSA) is 117 Å². The number of carboxylic acids is 1. The third kappa shape index (κ3) is 7.35. The number of ether oxygens (including phenoxy) is 1. The van der Waals surface area contributed by atoms with Crippen LogP contribution in [0.1, 0.15) is 49.7 Å². The zero-order valence-electron chi connectivity index (χ0n) is 20.4. The van der Waals surface area contributed by atoms with Crippen molar-refractivity contribution in [3.63, 3.8) is 0 Å². The Kier molecular flexibility index (Phi) is 9.17. The van der Waals surface area contributed by atoms with E-state index in [0.29, 0.717) is 22.6 Å². The van der Waals surface area contributed by atoms with E-state index >= 15 is 0 Å². The molecule has 10 heteroatoms. The molecule has 3 rings (SSSR count). The van der Waals surface area contributed by atoms with E-state index in [1.807, 2.05) is 26.0 Å². The molecule has 36 heavy (non-hydrogen) atoms. The lowest BCUT2D eigenvalue weighted by molar-refractivity contribution is -0.150. The first-order valence-electron chi connectivity index (χ1n) is 11.6.